The lowest BCUT2D eigenvalue weighted by atomic mass is 9.85. The Morgan fingerprint density at radius 3 is 1.40 bits per heavy atom. The molecule has 6 rings (SSSR count). The number of hydrogen-bond acceptors (Lipinski definition) is 8. The van der Waals surface area contributed by atoms with E-state index in [9.17, 15) is 9.59 Å². The van der Waals surface area contributed by atoms with E-state index in [1.165, 1.54) is 86.4 Å². The highest BCUT2D eigenvalue weighted by Gasteiger charge is 2.42. The predicted molar refractivity (Wildman–Crippen MR) is 204 cm³/mol. The molecule has 2 aliphatic rings. The topological polar surface area (TPSA) is 34.1 Å². The van der Waals surface area contributed by atoms with Gasteiger partial charge < -0.3 is 0 Å². The van der Waals surface area contributed by atoms with Crippen LogP contribution in [0.4, 0.5) is 0 Å². The van der Waals surface area contributed by atoms with Gasteiger partial charge in [-0.3, -0.25) is 9.59 Å². The molecule has 236 valence electrons. The van der Waals surface area contributed by atoms with Crippen LogP contribution < -0.4 is 0 Å². The van der Waals surface area contributed by atoms with Gasteiger partial charge in [-0.15, -0.1) is 45.3 Å². The van der Waals surface area contributed by atoms with Crippen LogP contribution in [0.2, 0.25) is 0 Å². The first-order valence-electron chi connectivity index (χ1n) is 15.9. The summed E-state index contributed by atoms with van der Waals surface area (Å²) in [6.07, 6.45) is 8.53. The molecule has 4 aromatic rings. The molecule has 0 fully saturated rings. The Kier molecular flexibility index (Phi) is 9.93. The summed E-state index contributed by atoms with van der Waals surface area (Å²) < 4.78 is 0. The molecule has 8 heteroatoms. The third kappa shape index (κ3) is 6.70. The van der Waals surface area contributed by atoms with Crippen molar-refractivity contribution in [2.24, 2.45) is 0 Å². The highest BCUT2D eigenvalue weighted by Crippen LogP contribution is 2.58. The van der Waals surface area contributed by atoms with Crippen molar-refractivity contribution >= 4 is 90.2 Å². The van der Waals surface area contributed by atoms with Crippen LogP contribution in [0.3, 0.4) is 0 Å². The van der Waals surface area contributed by atoms with E-state index in [0.29, 0.717) is 5.57 Å². The summed E-state index contributed by atoms with van der Waals surface area (Å²) in [6.45, 7) is 13.8. The van der Waals surface area contributed by atoms with Crippen molar-refractivity contribution < 1.29 is 9.59 Å². The molecule has 2 nitrogen and oxygen atoms in total. The van der Waals surface area contributed by atoms with Gasteiger partial charge in [0.1, 0.15) is 0 Å². The van der Waals surface area contributed by atoms with Gasteiger partial charge in [0.05, 0.1) is 11.1 Å². The van der Waals surface area contributed by atoms with Crippen molar-refractivity contribution in [3.63, 3.8) is 0 Å². The van der Waals surface area contributed by atoms with E-state index in [-0.39, 0.29) is 21.1 Å². The normalized spacial score (nSPS) is 15.7. The third-order valence-electron chi connectivity index (χ3n) is 8.76. The van der Waals surface area contributed by atoms with E-state index in [4.69, 9.17) is 0 Å². The minimum absolute atomic E-state index is 0.0468. The molecule has 6 heterocycles. The fourth-order valence-electron chi connectivity index (χ4n) is 5.88. The molecular formula is C37H40O2S6. The van der Waals surface area contributed by atoms with Gasteiger partial charge in [0.25, 0.3) is 0 Å². The van der Waals surface area contributed by atoms with Crippen molar-refractivity contribution in [3.8, 4) is 19.5 Å². The Hall–Kier alpha value is -1.68. The molecule has 0 aliphatic carbocycles. The Bertz CT molecular complexity index is 1800. The molecule has 0 saturated heterocycles. The Balaban J connectivity index is 1.24. The van der Waals surface area contributed by atoms with E-state index in [1.807, 2.05) is 22.7 Å². The van der Waals surface area contributed by atoms with Gasteiger partial charge in [-0.25, -0.2) is 0 Å². The van der Waals surface area contributed by atoms with Gasteiger partial charge >= 0.3 is 0 Å². The maximum atomic E-state index is 13.4. The van der Waals surface area contributed by atoms with Crippen LogP contribution in [0, 0.1) is 0 Å². The fourth-order valence-corrected chi connectivity index (χ4v) is 13.1. The zero-order valence-electron chi connectivity index (χ0n) is 26.8. The SMILES string of the molecule is CCCCCC(C)(C)c1ccc(-c2ccc(-c3ccc(C4=C5SC(=O)C(c6ccc(C(C)(C)CCCC)s6)=C5SC4=O)s3)s2)s1. The van der Waals surface area contributed by atoms with E-state index >= 15 is 0 Å². The second-order valence-electron chi connectivity index (χ2n) is 13.2. The molecule has 0 saturated carbocycles. The van der Waals surface area contributed by atoms with Crippen LogP contribution in [-0.2, 0) is 20.4 Å². The number of unbranched alkanes of at least 4 members (excludes halogenated alkanes) is 3. The summed E-state index contributed by atoms with van der Waals surface area (Å²) >= 11 is 9.57. The molecule has 0 amide bonds. The average molecular weight is 709 g/mol. The van der Waals surface area contributed by atoms with Gasteiger partial charge in [0, 0.05) is 48.8 Å². The minimum Gasteiger partial charge on any atom is -0.281 e. The van der Waals surface area contributed by atoms with Gasteiger partial charge in [-0.05, 0) is 95.7 Å². The summed E-state index contributed by atoms with van der Waals surface area (Å²) in [6, 6.07) is 17.5. The average Bonchev–Trinajstić information content (AvgIpc) is 3.82. The zero-order chi connectivity index (χ0) is 31.9. The lowest BCUT2D eigenvalue weighted by molar-refractivity contribution is -0.106. The number of fused-ring (bicyclic) bond motifs is 1. The second kappa shape index (κ2) is 13.4. The molecule has 0 aromatic carbocycles. The monoisotopic (exact) mass is 708 g/mol. The molecule has 0 atom stereocenters. The number of carbonyl (C=O) groups excluding carboxylic acids is 2. The molecule has 4 aromatic heterocycles. The summed E-state index contributed by atoms with van der Waals surface area (Å²) in [5.41, 5.74) is 1.69. The predicted octanol–water partition coefficient (Wildman–Crippen LogP) is 13.3. The summed E-state index contributed by atoms with van der Waals surface area (Å²) in [4.78, 5) is 38.1. The smallest absolute Gasteiger partial charge is 0.226 e. The minimum atomic E-state index is 0.0468. The number of carbonyl (C=O) groups is 2. The lowest BCUT2D eigenvalue weighted by Gasteiger charge is -2.23. The van der Waals surface area contributed by atoms with E-state index < -0.39 is 0 Å². The molecule has 45 heavy (non-hydrogen) atoms. The Labute approximate surface area is 292 Å². The van der Waals surface area contributed by atoms with E-state index in [0.717, 1.165) is 36.4 Å². The maximum absolute atomic E-state index is 13.4. The third-order valence-corrected chi connectivity index (χ3v) is 16.4. The van der Waals surface area contributed by atoms with Gasteiger partial charge in [0.15, 0.2) is 0 Å². The molecule has 0 spiro atoms. The second-order valence-corrected chi connectivity index (χ2v) is 19.5. The van der Waals surface area contributed by atoms with Crippen molar-refractivity contribution in [2.45, 2.75) is 97.3 Å². The fraction of sp³-hybridized carbons (Fsp3) is 0.405. The molecular weight excluding hydrogens is 669 g/mol. The highest BCUT2D eigenvalue weighted by atomic mass is 32.2. The van der Waals surface area contributed by atoms with Crippen LogP contribution in [0.25, 0.3) is 30.7 Å². The summed E-state index contributed by atoms with van der Waals surface area (Å²) in [5.74, 6) is 0. The molecule has 2 aliphatic heterocycles. The summed E-state index contributed by atoms with van der Waals surface area (Å²) in [7, 11) is 0. The first-order valence-corrected chi connectivity index (χ1v) is 20.8. The van der Waals surface area contributed by atoms with Crippen molar-refractivity contribution in [2.75, 3.05) is 0 Å². The molecule has 0 unspecified atom stereocenters. The van der Waals surface area contributed by atoms with Gasteiger partial charge in [-0.2, -0.15) is 0 Å². The van der Waals surface area contributed by atoms with Crippen LogP contribution in [0.1, 0.15) is 106 Å². The van der Waals surface area contributed by atoms with Crippen LogP contribution in [-0.4, -0.2) is 10.2 Å². The van der Waals surface area contributed by atoms with Crippen LogP contribution >= 0.6 is 68.9 Å². The zero-order valence-corrected chi connectivity index (χ0v) is 31.7. The van der Waals surface area contributed by atoms with Crippen LogP contribution in [0.5, 0.6) is 0 Å². The van der Waals surface area contributed by atoms with Crippen molar-refractivity contribution in [1.82, 2.24) is 0 Å². The molecule has 0 radical (unpaired) electrons. The van der Waals surface area contributed by atoms with Gasteiger partial charge in [-0.1, -0.05) is 73.6 Å². The van der Waals surface area contributed by atoms with Crippen LogP contribution in [0.15, 0.2) is 58.3 Å². The number of hydrogen-bond donors (Lipinski definition) is 0. The molecule has 0 N–H and O–H groups in total. The quantitative estimate of drug-likeness (QED) is 0.130. The highest BCUT2D eigenvalue weighted by molar-refractivity contribution is 8.25. The number of thioether (sulfide) groups is 2. The van der Waals surface area contributed by atoms with Gasteiger partial charge in [0.2, 0.25) is 10.2 Å². The first kappa shape index (κ1) is 33.2. The first-order chi connectivity index (χ1) is 21.5. The Morgan fingerprint density at radius 1 is 0.489 bits per heavy atom. The number of thiophene rings is 4. The van der Waals surface area contributed by atoms with E-state index in [2.05, 4.69) is 90.1 Å². The Morgan fingerprint density at radius 2 is 0.867 bits per heavy atom. The standard InChI is InChI=1S/C37H40O2S6/c1-7-9-11-21-37(5,6)28-18-16-25(42-28)24-13-12-22(40-24)23-14-15-26(41-23)30-32-33(45-34(30)38)31(35(39)44-32)27-17-19-29(43-27)36(3,4)20-10-8-2/h12-19H,7-11,20-21H2,1-6H3. The maximum Gasteiger partial charge on any atom is 0.226 e. The van der Waals surface area contributed by atoms with E-state index in [1.54, 1.807) is 22.7 Å². The van der Waals surface area contributed by atoms with Crippen molar-refractivity contribution in [1.29, 1.82) is 0 Å². The number of rotatable bonds is 13. The molecule has 0 bridgehead atoms. The van der Waals surface area contributed by atoms with Crippen molar-refractivity contribution in [3.05, 3.63) is 77.8 Å². The lowest BCUT2D eigenvalue weighted by Crippen LogP contribution is -2.14. The summed E-state index contributed by atoms with van der Waals surface area (Å²) in [5, 5.41) is 0.103. The largest absolute Gasteiger partial charge is 0.281 e.